The van der Waals surface area contributed by atoms with Crippen LogP contribution in [0, 0.1) is 0 Å². The van der Waals surface area contributed by atoms with Gasteiger partial charge >= 0.3 is 6.03 Å². The molecule has 3 N–H and O–H groups in total. The van der Waals surface area contributed by atoms with Crippen molar-refractivity contribution in [1.29, 1.82) is 0 Å². The minimum atomic E-state index is -4.03. The second-order valence-corrected chi connectivity index (χ2v) is 11.9. The summed E-state index contributed by atoms with van der Waals surface area (Å²) < 4.78 is 33.9. The Balaban J connectivity index is 1.55. The molecule has 0 aliphatic rings. The van der Waals surface area contributed by atoms with Gasteiger partial charge in [0.1, 0.15) is 5.75 Å². The SMILES string of the molecule is COc1ccc(CCN(CCC(=O)NO)S(=O)(=O)c2ccc(N(Cc3ccccc3)C(=O)NCc3ccccc3)cc2)cc1. The van der Waals surface area contributed by atoms with Crippen molar-refractivity contribution in [2.45, 2.75) is 30.8 Å². The lowest BCUT2D eigenvalue weighted by Gasteiger charge is -2.25. The highest BCUT2D eigenvalue weighted by Crippen LogP contribution is 2.24. The molecule has 4 aromatic carbocycles. The van der Waals surface area contributed by atoms with E-state index in [9.17, 15) is 18.0 Å². The van der Waals surface area contributed by atoms with Crippen molar-refractivity contribution >= 4 is 27.6 Å². The van der Waals surface area contributed by atoms with Gasteiger partial charge in [-0.3, -0.25) is 14.9 Å². The molecule has 0 saturated heterocycles. The van der Waals surface area contributed by atoms with E-state index >= 15 is 0 Å². The van der Waals surface area contributed by atoms with Crippen molar-refractivity contribution in [3.8, 4) is 5.75 Å². The van der Waals surface area contributed by atoms with E-state index in [2.05, 4.69) is 5.32 Å². The average Bonchev–Trinajstić information content (AvgIpc) is 3.07. The first-order valence-corrected chi connectivity index (χ1v) is 15.5. The minimum absolute atomic E-state index is 0.0183. The number of sulfonamides is 1. The van der Waals surface area contributed by atoms with Gasteiger partial charge in [0, 0.05) is 31.7 Å². The largest absolute Gasteiger partial charge is 0.497 e. The third-order valence-corrected chi connectivity index (χ3v) is 8.94. The predicted octanol–water partition coefficient (Wildman–Crippen LogP) is 4.74. The van der Waals surface area contributed by atoms with Crippen molar-refractivity contribution in [1.82, 2.24) is 15.1 Å². The Labute approximate surface area is 257 Å². The molecule has 4 aromatic rings. The van der Waals surface area contributed by atoms with Crippen LogP contribution in [0.2, 0.25) is 0 Å². The number of hydrogen-bond donors (Lipinski definition) is 3. The van der Waals surface area contributed by atoms with Crippen LogP contribution in [0.25, 0.3) is 0 Å². The number of amides is 3. The number of carbonyl (C=O) groups excluding carboxylic acids is 2. The molecule has 0 spiro atoms. The maximum Gasteiger partial charge on any atom is 0.322 e. The molecule has 11 heteroatoms. The highest BCUT2D eigenvalue weighted by atomic mass is 32.2. The number of ether oxygens (including phenoxy) is 1. The molecule has 10 nitrogen and oxygen atoms in total. The molecule has 0 bridgehead atoms. The number of nitrogens with one attached hydrogen (secondary N) is 2. The third-order valence-electron chi connectivity index (χ3n) is 7.02. The van der Waals surface area contributed by atoms with Crippen LogP contribution in [-0.4, -0.2) is 50.1 Å². The van der Waals surface area contributed by atoms with Crippen LogP contribution in [0.5, 0.6) is 5.75 Å². The minimum Gasteiger partial charge on any atom is -0.497 e. The van der Waals surface area contributed by atoms with E-state index in [0.29, 0.717) is 24.4 Å². The van der Waals surface area contributed by atoms with Crippen molar-refractivity contribution in [2.24, 2.45) is 0 Å². The van der Waals surface area contributed by atoms with E-state index in [1.165, 1.54) is 16.4 Å². The Morgan fingerprint density at radius 2 is 1.39 bits per heavy atom. The highest BCUT2D eigenvalue weighted by molar-refractivity contribution is 7.89. The van der Waals surface area contributed by atoms with E-state index in [1.807, 2.05) is 72.8 Å². The normalized spacial score (nSPS) is 11.2. The summed E-state index contributed by atoms with van der Waals surface area (Å²) in [4.78, 5) is 26.7. The number of benzene rings is 4. The van der Waals surface area contributed by atoms with E-state index in [1.54, 1.807) is 41.8 Å². The first-order chi connectivity index (χ1) is 21.3. The molecule has 3 amide bonds. The number of urea groups is 1. The standard InChI is InChI=1S/C33H36N4O6S/c1-43-30-16-12-26(13-17-30)20-22-36(23-21-32(38)35-40)44(41,42)31-18-14-29(15-19-31)37(25-28-10-6-3-7-11-28)33(39)34-24-27-8-4-2-5-9-27/h2-19,40H,20-25H2,1H3,(H,34,39)(H,35,38). The van der Waals surface area contributed by atoms with Crippen LogP contribution in [0.4, 0.5) is 10.5 Å². The number of nitrogens with zero attached hydrogens (tertiary/aromatic N) is 2. The summed E-state index contributed by atoms with van der Waals surface area (Å²) in [6.07, 6.45) is 0.178. The van der Waals surface area contributed by atoms with Crippen molar-refractivity contribution < 1.29 is 28.0 Å². The summed E-state index contributed by atoms with van der Waals surface area (Å²) in [6.45, 7) is 0.589. The zero-order valence-electron chi connectivity index (χ0n) is 24.4. The quantitative estimate of drug-likeness (QED) is 0.139. The predicted molar refractivity (Wildman–Crippen MR) is 168 cm³/mol. The molecule has 0 radical (unpaired) electrons. The lowest BCUT2D eigenvalue weighted by Crippen LogP contribution is -2.39. The molecule has 0 fully saturated rings. The van der Waals surface area contributed by atoms with Crippen LogP contribution < -0.4 is 20.4 Å². The first-order valence-electron chi connectivity index (χ1n) is 14.1. The molecule has 4 rings (SSSR count). The van der Waals surface area contributed by atoms with Gasteiger partial charge in [-0.05, 0) is 59.5 Å². The molecule has 0 aliphatic carbocycles. The topological polar surface area (TPSA) is 128 Å². The average molecular weight is 617 g/mol. The second kappa shape index (κ2) is 15.7. The van der Waals surface area contributed by atoms with E-state index in [0.717, 1.165) is 16.7 Å². The Bertz CT molecular complexity index is 1600. The number of methoxy groups -OCH3 is 1. The van der Waals surface area contributed by atoms with Gasteiger partial charge in [-0.1, -0.05) is 72.8 Å². The van der Waals surface area contributed by atoms with Crippen LogP contribution in [-0.2, 0) is 34.3 Å². The number of hydroxylamine groups is 1. The van der Waals surface area contributed by atoms with Crippen molar-refractivity contribution in [3.05, 3.63) is 126 Å². The summed E-state index contributed by atoms with van der Waals surface area (Å²) in [5.41, 5.74) is 4.82. The van der Waals surface area contributed by atoms with Crippen LogP contribution in [0.1, 0.15) is 23.1 Å². The highest BCUT2D eigenvalue weighted by Gasteiger charge is 2.26. The number of carbonyl (C=O) groups is 2. The van der Waals surface area contributed by atoms with Crippen molar-refractivity contribution in [3.63, 3.8) is 0 Å². The van der Waals surface area contributed by atoms with Gasteiger partial charge in [0.2, 0.25) is 15.9 Å². The maximum atomic E-state index is 13.7. The number of anilines is 1. The third kappa shape index (κ3) is 8.90. The van der Waals surface area contributed by atoms with Gasteiger partial charge in [0.15, 0.2) is 0 Å². The zero-order valence-corrected chi connectivity index (χ0v) is 25.2. The van der Waals surface area contributed by atoms with Gasteiger partial charge in [0.25, 0.3) is 0 Å². The van der Waals surface area contributed by atoms with Gasteiger partial charge in [-0.2, -0.15) is 4.31 Å². The summed E-state index contributed by atoms with van der Waals surface area (Å²) in [6, 6.07) is 32.1. The lowest BCUT2D eigenvalue weighted by atomic mass is 10.1. The lowest BCUT2D eigenvalue weighted by molar-refractivity contribution is -0.129. The van der Waals surface area contributed by atoms with Gasteiger partial charge in [-0.25, -0.2) is 18.7 Å². The molecule has 230 valence electrons. The fourth-order valence-electron chi connectivity index (χ4n) is 4.54. The Morgan fingerprint density at radius 3 is 1.98 bits per heavy atom. The van der Waals surface area contributed by atoms with Gasteiger partial charge in [-0.15, -0.1) is 0 Å². The van der Waals surface area contributed by atoms with Crippen molar-refractivity contribution in [2.75, 3.05) is 25.1 Å². The smallest absolute Gasteiger partial charge is 0.322 e. The first kappa shape index (κ1) is 32.2. The molecular weight excluding hydrogens is 580 g/mol. The molecule has 0 unspecified atom stereocenters. The van der Waals surface area contributed by atoms with E-state index in [4.69, 9.17) is 9.94 Å². The van der Waals surface area contributed by atoms with E-state index < -0.39 is 15.9 Å². The maximum absolute atomic E-state index is 13.7. The Hall–Kier alpha value is -4.71. The summed E-state index contributed by atoms with van der Waals surface area (Å²) in [5, 5.41) is 11.9. The molecule has 0 atom stereocenters. The fraction of sp³-hybridized carbons (Fsp3) is 0.212. The molecule has 44 heavy (non-hydrogen) atoms. The zero-order chi connectivity index (χ0) is 31.4. The van der Waals surface area contributed by atoms with Crippen LogP contribution >= 0.6 is 0 Å². The second-order valence-electron chi connectivity index (χ2n) is 10.00. The Morgan fingerprint density at radius 1 is 0.773 bits per heavy atom. The molecule has 0 heterocycles. The van der Waals surface area contributed by atoms with Crippen LogP contribution in [0.3, 0.4) is 0 Å². The summed E-state index contributed by atoms with van der Waals surface area (Å²) in [5.74, 6) is -0.00365. The van der Waals surface area contributed by atoms with Gasteiger partial charge in [0.05, 0.1) is 18.6 Å². The van der Waals surface area contributed by atoms with Gasteiger partial charge < -0.3 is 10.1 Å². The molecule has 0 aliphatic heterocycles. The molecular formula is C33H36N4O6S. The number of rotatable bonds is 14. The monoisotopic (exact) mass is 616 g/mol. The Kier molecular flexibility index (Phi) is 11.5. The number of hydrogen-bond acceptors (Lipinski definition) is 6. The molecule has 0 aromatic heterocycles. The summed E-state index contributed by atoms with van der Waals surface area (Å²) in [7, 11) is -2.46. The summed E-state index contributed by atoms with van der Waals surface area (Å²) >= 11 is 0. The van der Waals surface area contributed by atoms with Crippen LogP contribution in [0.15, 0.2) is 114 Å². The molecule has 0 saturated carbocycles. The van der Waals surface area contributed by atoms with E-state index in [-0.39, 0.29) is 37.0 Å². The fourth-order valence-corrected chi connectivity index (χ4v) is 5.98.